The first-order chi connectivity index (χ1) is 9.67. The van der Waals surface area contributed by atoms with E-state index in [1.54, 1.807) is 20.8 Å². The highest BCUT2D eigenvalue weighted by Crippen LogP contribution is 2.31. The number of benzene rings is 1. The highest BCUT2D eigenvalue weighted by molar-refractivity contribution is 5.69. The van der Waals surface area contributed by atoms with Crippen molar-refractivity contribution >= 4 is 6.09 Å². The molecule has 116 valence electrons. The molecule has 1 aromatic rings. The summed E-state index contributed by atoms with van der Waals surface area (Å²) in [5.74, 6) is -2.15. The van der Waals surface area contributed by atoms with Gasteiger partial charge in [0.2, 0.25) is 0 Å². The van der Waals surface area contributed by atoms with E-state index in [0.717, 1.165) is 12.1 Å². The molecule has 2 rings (SSSR count). The van der Waals surface area contributed by atoms with Crippen LogP contribution in [0.3, 0.4) is 0 Å². The van der Waals surface area contributed by atoms with Gasteiger partial charge in [0.15, 0.2) is 11.6 Å². The van der Waals surface area contributed by atoms with E-state index in [9.17, 15) is 18.7 Å². The number of aliphatic hydroxyl groups is 1. The topological polar surface area (TPSA) is 49.8 Å². The SMILES string of the molecule is CC(C)(C)OC(=O)N1CC(C(O)c2ccc(F)c(F)c2)C1. The minimum Gasteiger partial charge on any atom is -0.444 e. The van der Waals surface area contributed by atoms with Crippen molar-refractivity contribution in [2.45, 2.75) is 32.5 Å². The summed E-state index contributed by atoms with van der Waals surface area (Å²) in [6.07, 6.45) is -1.37. The van der Waals surface area contributed by atoms with Crippen LogP contribution in [-0.4, -0.2) is 34.8 Å². The van der Waals surface area contributed by atoms with Gasteiger partial charge in [-0.25, -0.2) is 13.6 Å². The molecule has 1 atom stereocenters. The monoisotopic (exact) mass is 299 g/mol. The van der Waals surface area contributed by atoms with Gasteiger partial charge in [0.25, 0.3) is 0 Å². The van der Waals surface area contributed by atoms with Crippen molar-refractivity contribution in [1.29, 1.82) is 0 Å². The van der Waals surface area contributed by atoms with Crippen molar-refractivity contribution in [3.63, 3.8) is 0 Å². The molecule has 1 fully saturated rings. The molecule has 0 aliphatic carbocycles. The lowest BCUT2D eigenvalue weighted by Crippen LogP contribution is -2.53. The summed E-state index contributed by atoms with van der Waals surface area (Å²) in [7, 11) is 0. The Morgan fingerprint density at radius 3 is 2.48 bits per heavy atom. The summed E-state index contributed by atoms with van der Waals surface area (Å²) < 4.78 is 31.2. The number of carbonyl (C=O) groups excluding carboxylic acids is 1. The zero-order valence-corrected chi connectivity index (χ0v) is 12.3. The molecule has 0 aromatic heterocycles. The van der Waals surface area contributed by atoms with E-state index in [1.165, 1.54) is 11.0 Å². The van der Waals surface area contributed by atoms with E-state index >= 15 is 0 Å². The Kier molecular flexibility index (Phi) is 4.18. The van der Waals surface area contributed by atoms with Gasteiger partial charge in [-0.3, -0.25) is 0 Å². The minimum absolute atomic E-state index is 0.206. The highest BCUT2D eigenvalue weighted by Gasteiger charge is 2.38. The predicted molar refractivity (Wildman–Crippen MR) is 72.6 cm³/mol. The number of carbonyl (C=O) groups is 1. The van der Waals surface area contributed by atoms with E-state index in [1.807, 2.05) is 0 Å². The molecule has 1 aliphatic rings. The maximum Gasteiger partial charge on any atom is 0.410 e. The van der Waals surface area contributed by atoms with Gasteiger partial charge in [-0.15, -0.1) is 0 Å². The molecule has 1 amide bonds. The normalized spacial score (nSPS) is 17.3. The first-order valence-corrected chi connectivity index (χ1v) is 6.78. The van der Waals surface area contributed by atoms with Gasteiger partial charge in [-0.05, 0) is 38.5 Å². The van der Waals surface area contributed by atoms with Crippen LogP contribution in [0.2, 0.25) is 0 Å². The number of aliphatic hydroxyl groups excluding tert-OH is 1. The van der Waals surface area contributed by atoms with Crippen molar-refractivity contribution in [3.05, 3.63) is 35.4 Å². The lowest BCUT2D eigenvalue weighted by atomic mass is 9.89. The lowest BCUT2D eigenvalue weighted by molar-refractivity contribution is -0.0315. The zero-order chi connectivity index (χ0) is 15.8. The molecule has 0 spiro atoms. The van der Waals surface area contributed by atoms with Crippen molar-refractivity contribution in [2.75, 3.05) is 13.1 Å². The third kappa shape index (κ3) is 3.69. The molecule has 1 heterocycles. The Balaban J connectivity index is 1.91. The number of nitrogens with zero attached hydrogens (tertiary/aromatic N) is 1. The maximum absolute atomic E-state index is 13.1. The first kappa shape index (κ1) is 15.7. The van der Waals surface area contributed by atoms with Gasteiger partial charge < -0.3 is 14.7 Å². The number of hydrogen-bond acceptors (Lipinski definition) is 3. The second kappa shape index (κ2) is 5.60. The fourth-order valence-corrected chi connectivity index (χ4v) is 2.16. The van der Waals surface area contributed by atoms with Crippen LogP contribution in [0.15, 0.2) is 18.2 Å². The van der Waals surface area contributed by atoms with Crippen molar-refractivity contribution in [3.8, 4) is 0 Å². The van der Waals surface area contributed by atoms with E-state index in [4.69, 9.17) is 4.74 Å². The summed E-state index contributed by atoms with van der Waals surface area (Å²) in [5.41, 5.74) is -0.260. The Morgan fingerprint density at radius 1 is 1.33 bits per heavy atom. The van der Waals surface area contributed by atoms with Crippen LogP contribution in [0, 0.1) is 17.6 Å². The lowest BCUT2D eigenvalue weighted by Gasteiger charge is -2.42. The summed E-state index contributed by atoms with van der Waals surface area (Å²) in [5, 5.41) is 10.1. The third-order valence-electron chi connectivity index (χ3n) is 3.29. The molecular formula is C15H19F2NO3. The number of hydrogen-bond donors (Lipinski definition) is 1. The van der Waals surface area contributed by atoms with E-state index in [-0.39, 0.29) is 5.92 Å². The van der Waals surface area contributed by atoms with Gasteiger partial charge >= 0.3 is 6.09 Å². The van der Waals surface area contributed by atoms with E-state index < -0.39 is 29.4 Å². The second-order valence-electron chi connectivity index (χ2n) is 6.26. The average molecular weight is 299 g/mol. The second-order valence-corrected chi connectivity index (χ2v) is 6.26. The number of amides is 1. The molecule has 6 heteroatoms. The Bertz CT molecular complexity index is 536. The van der Waals surface area contributed by atoms with Crippen LogP contribution in [0.5, 0.6) is 0 Å². The molecule has 1 saturated heterocycles. The average Bonchev–Trinajstić information content (AvgIpc) is 2.28. The summed E-state index contributed by atoms with van der Waals surface area (Å²) in [6.45, 7) is 5.99. The van der Waals surface area contributed by atoms with Crippen molar-refractivity contribution in [2.24, 2.45) is 5.92 Å². The maximum atomic E-state index is 13.1. The molecule has 4 nitrogen and oxygen atoms in total. The molecule has 21 heavy (non-hydrogen) atoms. The molecule has 1 aromatic carbocycles. The molecule has 0 bridgehead atoms. The summed E-state index contributed by atoms with van der Waals surface area (Å²) in [6, 6.07) is 3.31. The number of likely N-dealkylation sites (tertiary alicyclic amines) is 1. The standard InChI is InChI=1S/C15H19F2NO3/c1-15(2,3)21-14(20)18-7-10(8-18)13(19)9-4-5-11(16)12(17)6-9/h4-6,10,13,19H,7-8H2,1-3H3. The van der Waals surface area contributed by atoms with Gasteiger partial charge in [0, 0.05) is 19.0 Å². The fraction of sp³-hybridized carbons (Fsp3) is 0.533. The van der Waals surface area contributed by atoms with Crippen LogP contribution in [-0.2, 0) is 4.74 Å². The third-order valence-corrected chi connectivity index (χ3v) is 3.29. The first-order valence-electron chi connectivity index (χ1n) is 6.78. The fourth-order valence-electron chi connectivity index (χ4n) is 2.16. The summed E-state index contributed by atoms with van der Waals surface area (Å²) in [4.78, 5) is 13.2. The smallest absolute Gasteiger partial charge is 0.410 e. The van der Waals surface area contributed by atoms with E-state index in [2.05, 4.69) is 0 Å². The molecular weight excluding hydrogens is 280 g/mol. The van der Waals surface area contributed by atoms with Gasteiger partial charge in [0.05, 0.1) is 6.10 Å². The highest BCUT2D eigenvalue weighted by atomic mass is 19.2. The van der Waals surface area contributed by atoms with Gasteiger partial charge in [-0.1, -0.05) is 6.07 Å². The van der Waals surface area contributed by atoms with E-state index in [0.29, 0.717) is 18.7 Å². The Labute approximate surface area is 122 Å². The van der Waals surface area contributed by atoms with Crippen LogP contribution in [0.4, 0.5) is 13.6 Å². The Hall–Kier alpha value is -1.69. The van der Waals surface area contributed by atoms with Gasteiger partial charge in [0.1, 0.15) is 5.60 Å². The number of halogens is 2. The predicted octanol–water partition coefficient (Wildman–Crippen LogP) is 2.87. The number of rotatable bonds is 2. The van der Waals surface area contributed by atoms with Crippen LogP contribution in [0.25, 0.3) is 0 Å². The van der Waals surface area contributed by atoms with Gasteiger partial charge in [-0.2, -0.15) is 0 Å². The molecule has 1 aliphatic heterocycles. The van der Waals surface area contributed by atoms with Crippen LogP contribution >= 0.6 is 0 Å². The Morgan fingerprint density at radius 2 is 1.95 bits per heavy atom. The zero-order valence-electron chi connectivity index (χ0n) is 12.3. The molecule has 1 N–H and O–H groups in total. The van der Waals surface area contributed by atoms with Crippen LogP contribution in [0.1, 0.15) is 32.4 Å². The molecule has 1 unspecified atom stereocenters. The van der Waals surface area contributed by atoms with Crippen molar-refractivity contribution in [1.82, 2.24) is 4.90 Å². The van der Waals surface area contributed by atoms with Crippen molar-refractivity contribution < 1.29 is 23.4 Å². The summed E-state index contributed by atoms with van der Waals surface area (Å²) >= 11 is 0. The minimum atomic E-state index is -0.991. The quantitative estimate of drug-likeness (QED) is 0.913. The molecule has 0 saturated carbocycles. The number of ether oxygens (including phenoxy) is 1. The molecule has 0 radical (unpaired) electrons. The largest absolute Gasteiger partial charge is 0.444 e. The van der Waals surface area contributed by atoms with Crippen LogP contribution < -0.4 is 0 Å².